The Morgan fingerprint density at radius 3 is 2.66 bits per heavy atom. The van der Waals surface area contributed by atoms with Crippen LogP contribution in [0.5, 0.6) is 11.5 Å². The molecule has 3 aromatic heterocycles. The molecule has 0 amide bonds. The molecule has 5 rings (SSSR count). The van der Waals surface area contributed by atoms with Gasteiger partial charge >= 0.3 is 0 Å². The second-order valence-electron chi connectivity index (χ2n) is 6.20. The van der Waals surface area contributed by atoms with Gasteiger partial charge in [-0.05, 0) is 18.2 Å². The van der Waals surface area contributed by atoms with Gasteiger partial charge in [0.05, 0.1) is 12.6 Å². The summed E-state index contributed by atoms with van der Waals surface area (Å²) in [6.07, 6.45) is 1.69. The molecule has 0 N–H and O–H groups in total. The number of hydrogen-bond acceptors (Lipinski definition) is 8. The van der Waals surface area contributed by atoms with E-state index in [1.165, 1.54) is 0 Å². The molecule has 0 unspecified atom stereocenters. The van der Waals surface area contributed by atoms with Gasteiger partial charge in [-0.15, -0.1) is 25.5 Å². The number of methoxy groups -OCH3 is 1. The molecule has 0 aliphatic carbocycles. The van der Waals surface area contributed by atoms with Gasteiger partial charge < -0.3 is 9.47 Å². The minimum atomic E-state index is 0.166. The largest absolute Gasteiger partial charge is 0.497 e. The lowest BCUT2D eigenvalue weighted by atomic mass is 10.2. The molecule has 0 aliphatic heterocycles. The van der Waals surface area contributed by atoms with Crippen LogP contribution in [0.3, 0.4) is 0 Å². The Kier molecular flexibility index (Phi) is 4.17. The number of pyridine rings is 1. The molecule has 0 atom stereocenters. The lowest BCUT2D eigenvalue weighted by Gasteiger charge is -2.09. The standard InChI is InChI=1S/C20H15N7O2/c1-28-14-7-8-15-16(11-14)21-10-9-17(15)29-12-18-22-24-20-25-23-19(26-27(18)20)13-5-3-2-4-6-13/h2-11H,12H2,1H3. The monoisotopic (exact) mass is 385 g/mol. The summed E-state index contributed by atoms with van der Waals surface area (Å²) in [5, 5.41) is 21.8. The molecule has 0 bridgehead atoms. The Morgan fingerprint density at radius 2 is 1.79 bits per heavy atom. The summed E-state index contributed by atoms with van der Waals surface area (Å²) in [6.45, 7) is 0.166. The summed E-state index contributed by atoms with van der Waals surface area (Å²) in [6, 6.07) is 17.1. The molecule has 5 aromatic rings. The van der Waals surface area contributed by atoms with Crippen LogP contribution in [0.2, 0.25) is 0 Å². The van der Waals surface area contributed by atoms with E-state index >= 15 is 0 Å². The highest BCUT2D eigenvalue weighted by molar-refractivity contribution is 5.85. The highest BCUT2D eigenvalue weighted by atomic mass is 16.5. The number of ether oxygens (including phenoxy) is 2. The molecular formula is C20H15N7O2. The van der Waals surface area contributed by atoms with Crippen molar-refractivity contribution in [1.29, 1.82) is 0 Å². The van der Waals surface area contributed by atoms with Crippen molar-refractivity contribution in [2.75, 3.05) is 7.11 Å². The second-order valence-corrected chi connectivity index (χ2v) is 6.20. The minimum absolute atomic E-state index is 0.166. The van der Waals surface area contributed by atoms with E-state index in [2.05, 4.69) is 30.5 Å². The van der Waals surface area contributed by atoms with Crippen LogP contribution in [-0.2, 0) is 6.61 Å². The van der Waals surface area contributed by atoms with Crippen molar-refractivity contribution in [3.05, 3.63) is 66.6 Å². The molecule has 0 aliphatic rings. The van der Waals surface area contributed by atoms with Crippen molar-refractivity contribution in [3.63, 3.8) is 0 Å². The molecule has 9 heteroatoms. The first-order valence-electron chi connectivity index (χ1n) is 8.88. The molecule has 0 saturated carbocycles. The van der Waals surface area contributed by atoms with E-state index in [9.17, 15) is 0 Å². The van der Waals surface area contributed by atoms with Crippen molar-refractivity contribution in [2.24, 2.45) is 0 Å². The summed E-state index contributed by atoms with van der Waals surface area (Å²) < 4.78 is 12.8. The van der Waals surface area contributed by atoms with E-state index in [1.807, 2.05) is 48.5 Å². The zero-order valence-electron chi connectivity index (χ0n) is 15.4. The van der Waals surface area contributed by atoms with Crippen LogP contribution in [0.1, 0.15) is 5.82 Å². The van der Waals surface area contributed by atoms with Gasteiger partial charge in [0.25, 0.3) is 5.78 Å². The maximum absolute atomic E-state index is 6.00. The fraction of sp³-hybridized carbons (Fsp3) is 0.100. The van der Waals surface area contributed by atoms with Crippen LogP contribution >= 0.6 is 0 Å². The van der Waals surface area contributed by atoms with Crippen LogP contribution in [0, 0.1) is 0 Å². The number of benzene rings is 2. The number of rotatable bonds is 5. The first-order valence-corrected chi connectivity index (χ1v) is 8.88. The van der Waals surface area contributed by atoms with Crippen molar-refractivity contribution in [2.45, 2.75) is 6.61 Å². The Morgan fingerprint density at radius 1 is 0.931 bits per heavy atom. The fourth-order valence-electron chi connectivity index (χ4n) is 2.96. The van der Waals surface area contributed by atoms with Gasteiger partial charge in [0.2, 0.25) is 5.82 Å². The Hall–Kier alpha value is -4.14. The van der Waals surface area contributed by atoms with Crippen LogP contribution in [0.4, 0.5) is 0 Å². The summed E-state index contributed by atoms with van der Waals surface area (Å²) in [5.41, 5.74) is 1.64. The van der Waals surface area contributed by atoms with Crippen LogP contribution in [-0.4, -0.2) is 42.1 Å². The van der Waals surface area contributed by atoms with Gasteiger partial charge in [0, 0.05) is 23.2 Å². The topological polar surface area (TPSA) is 100 Å². The molecule has 2 aromatic carbocycles. The van der Waals surface area contributed by atoms with E-state index < -0.39 is 0 Å². The third-order valence-electron chi connectivity index (χ3n) is 4.42. The first-order chi connectivity index (χ1) is 14.3. The number of aromatic nitrogens is 7. The fourth-order valence-corrected chi connectivity index (χ4v) is 2.96. The van der Waals surface area contributed by atoms with E-state index in [4.69, 9.17) is 9.47 Å². The molecule has 142 valence electrons. The summed E-state index contributed by atoms with van der Waals surface area (Å²) in [5.74, 6) is 2.74. The summed E-state index contributed by atoms with van der Waals surface area (Å²) >= 11 is 0. The highest BCUT2D eigenvalue weighted by Crippen LogP contribution is 2.27. The quantitative estimate of drug-likeness (QED) is 0.455. The van der Waals surface area contributed by atoms with Gasteiger partial charge in [-0.25, -0.2) is 0 Å². The molecule has 0 spiro atoms. The zero-order valence-corrected chi connectivity index (χ0v) is 15.4. The van der Waals surface area contributed by atoms with Gasteiger partial charge in [0.15, 0.2) is 5.82 Å². The number of hydrogen-bond donors (Lipinski definition) is 0. The summed E-state index contributed by atoms with van der Waals surface area (Å²) in [7, 11) is 1.62. The number of nitrogens with zero attached hydrogens (tertiary/aromatic N) is 7. The molecule has 9 nitrogen and oxygen atoms in total. The first kappa shape index (κ1) is 17.0. The highest BCUT2D eigenvalue weighted by Gasteiger charge is 2.13. The van der Waals surface area contributed by atoms with Crippen molar-refractivity contribution in [3.8, 4) is 22.9 Å². The molecule has 0 fully saturated rings. The van der Waals surface area contributed by atoms with E-state index in [-0.39, 0.29) is 6.61 Å². The van der Waals surface area contributed by atoms with Crippen LogP contribution in [0.25, 0.3) is 28.1 Å². The second kappa shape index (κ2) is 7.12. The van der Waals surface area contributed by atoms with Crippen LogP contribution in [0.15, 0.2) is 60.8 Å². The molecule has 29 heavy (non-hydrogen) atoms. The predicted molar refractivity (Wildman–Crippen MR) is 104 cm³/mol. The predicted octanol–water partition coefficient (Wildman–Crippen LogP) is 2.72. The third kappa shape index (κ3) is 3.18. The maximum Gasteiger partial charge on any atom is 0.290 e. The SMILES string of the molecule is COc1ccc2c(OCc3nnc4nnc(-c5ccccc5)nn34)ccnc2c1. The average Bonchev–Trinajstić information content (AvgIpc) is 3.20. The molecule has 0 saturated heterocycles. The van der Waals surface area contributed by atoms with Crippen molar-refractivity contribution >= 4 is 16.7 Å². The normalized spacial score (nSPS) is 11.1. The van der Waals surface area contributed by atoms with E-state index in [1.54, 1.807) is 23.9 Å². The smallest absolute Gasteiger partial charge is 0.290 e. The molecular weight excluding hydrogens is 370 g/mol. The summed E-state index contributed by atoms with van der Waals surface area (Å²) in [4.78, 5) is 4.37. The number of fused-ring (bicyclic) bond motifs is 2. The third-order valence-corrected chi connectivity index (χ3v) is 4.42. The minimum Gasteiger partial charge on any atom is -0.497 e. The van der Waals surface area contributed by atoms with Gasteiger partial charge in [0.1, 0.15) is 18.1 Å². The van der Waals surface area contributed by atoms with E-state index in [0.29, 0.717) is 23.2 Å². The molecule has 0 radical (unpaired) electrons. The zero-order chi connectivity index (χ0) is 19.6. The lowest BCUT2D eigenvalue weighted by Crippen LogP contribution is -2.07. The maximum atomic E-state index is 6.00. The molecule has 3 heterocycles. The Labute approximate surface area is 165 Å². The van der Waals surface area contributed by atoms with Crippen LogP contribution < -0.4 is 9.47 Å². The van der Waals surface area contributed by atoms with Gasteiger partial charge in [-0.1, -0.05) is 30.3 Å². The Balaban J connectivity index is 1.46. The van der Waals surface area contributed by atoms with E-state index in [0.717, 1.165) is 22.2 Å². The van der Waals surface area contributed by atoms with Crippen molar-refractivity contribution < 1.29 is 9.47 Å². The Bertz CT molecular complexity index is 1300. The van der Waals surface area contributed by atoms with Gasteiger partial charge in [-0.2, -0.15) is 4.52 Å². The van der Waals surface area contributed by atoms with Gasteiger partial charge in [-0.3, -0.25) is 4.98 Å². The van der Waals surface area contributed by atoms with Crippen molar-refractivity contribution in [1.82, 2.24) is 35.0 Å². The average molecular weight is 385 g/mol. The lowest BCUT2D eigenvalue weighted by molar-refractivity contribution is 0.296.